The quantitative estimate of drug-likeness (QED) is 0.554. The first kappa shape index (κ1) is 21.8. The number of carbonyl (C=O) groups is 1. The summed E-state index contributed by atoms with van der Waals surface area (Å²) in [6.45, 7) is 6.60. The molecule has 1 saturated heterocycles. The molecule has 3 rings (SSSR count). The van der Waals surface area contributed by atoms with Crippen molar-refractivity contribution in [3.8, 4) is 0 Å². The summed E-state index contributed by atoms with van der Waals surface area (Å²) in [6, 6.07) is 21.2. The average Bonchev–Trinajstić information content (AvgIpc) is 2.73. The molecule has 0 amide bonds. The number of carbonyl (C=O) groups excluding carboxylic acids is 1. The minimum atomic E-state index is -0.561. The topological polar surface area (TPSA) is 20.3 Å². The minimum Gasteiger partial charge on any atom is -0.301 e. The first-order valence-corrected chi connectivity index (χ1v) is 10.1. The lowest BCUT2D eigenvalue weighted by molar-refractivity contribution is -0.123. The zero-order chi connectivity index (χ0) is 18.4. The van der Waals surface area contributed by atoms with Crippen LogP contribution < -0.4 is 0 Å². The van der Waals surface area contributed by atoms with E-state index in [9.17, 15) is 4.79 Å². The molecular weight excluding hydrogens is 398 g/mol. The van der Waals surface area contributed by atoms with Gasteiger partial charge in [-0.3, -0.25) is 4.79 Å². The van der Waals surface area contributed by atoms with Crippen LogP contribution in [0.3, 0.4) is 0 Å². The molecule has 2 nitrogen and oxygen atoms in total. The summed E-state index contributed by atoms with van der Waals surface area (Å²) in [5, 5.41) is 0. The van der Waals surface area contributed by atoms with E-state index in [4.69, 9.17) is 0 Å². The lowest BCUT2D eigenvalue weighted by Gasteiger charge is -2.40. The maximum Gasteiger partial charge on any atom is 0.147 e. The van der Waals surface area contributed by atoms with Crippen LogP contribution in [0.5, 0.6) is 0 Å². The van der Waals surface area contributed by atoms with Gasteiger partial charge >= 0.3 is 0 Å². The average molecular weight is 430 g/mol. The molecule has 0 bridgehead atoms. The SMILES string of the molecule is Br.CCC(=O)C(C[C@H](C)N1CCCCC1)(c1ccccc1)c1ccccc1. The van der Waals surface area contributed by atoms with Crippen molar-refractivity contribution in [3.05, 3.63) is 71.8 Å². The van der Waals surface area contributed by atoms with Crippen LogP contribution in [0.4, 0.5) is 0 Å². The maximum atomic E-state index is 13.4. The highest BCUT2D eigenvalue weighted by molar-refractivity contribution is 8.93. The molecule has 0 unspecified atom stereocenters. The first-order chi connectivity index (χ1) is 12.7. The van der Waals surface area contributed by atoms with Crippen molar-refractivity contribution in [2.24, 2.45) is 0 Å². The third-order valence-electron chi connectivity index (χ3n) is 5.95. The van der Waals surface area contributed by atoms with Crippen LogP contribution in [-0.4, -0.2) is 29.8 Å². The molecule has 0 aromatic heterocycles. The lowest BCUT2D eigenvalue weighted by Crippen LogP contribution is -2.46. The van der Waals surface area contributed by atoms with Gasteiger partial charge in [-0.15, -0.1) is 17.0 Å². The highest BCUT2D eigenvalue weighted by Crippen LogP contribution is 2.40. The number of nitrogens with zero attached hydrogens (tertiary/aromatic N) is 1. The highest BCUT2D eigenvalue weighted by atomic mass is 79.9. The summed E-state index contributed by atoms with van der Waals surface area (Å²) in [5.41, 5.74) is 1.69. The van der Waals surface area contributed by atoms with Gasteiger partial charge in [0.25, 0.3) is 0 Å². The Balaban J connectivity index is 0.00000261. The van der Waals surface area contributed by atoms with Gasteiger partial charge in [0.2, 0.25) is 0 Å². The molecule has 27 heavy (non-hydrogen) atoms. The van der Waals surface area contributed by atoms with Gasteiger partial charge in [0, 0.05) is 12.5 Å². The van der Waals surface area contributed by atoms with Crippen LogP contribution in [0.15, 0.2) is 60.7 Å². The van der Waals surface area contributed by atoms with E-state index in [1.807, 2.05) is 19.1 Å². The van der Waals surface area contributed by atoms with Gasteiger partial charge in [-0.2, -0.15) is 0 Å². The zero-order valence-corrected chi connectivity index (χ0v) is 18.3. The molecule has 1 aliphatic heterocycles. The molecule has 1 heterocycles. The largest absolute Gasteiger partial charge is 0.301 e. The van der Waals surface area contributed by atoms with Gasteiger partial charge in [0.1, 0.15) is 5.78 Å². The minimum absolute atomic E-state index is 0. The molecule has 2 aromatic carbocycles. The van der Waals surface area contributed by atoms with Crippen LogP contribution in [0.2, 0.25) is 0 Å². The van der Waals surface area contributed by atoms with Gasteiger partial charge in [-0.1, -0.05) is 74.0 Å². The third kappa shape index (κ3) is 4.70. The highest BCUT2D eigenvalue weighted by Gasteiger charge is 2.42. The van der Waals surface area contributed by atoms with Gasteiger partial charge in [0.05, 0.1) is 5.41 Å². The Morgan fingerprint density at radius 1 is 0.926 bits per heavy atom. The number of ketones is 1. The molecular formula is C24H32BrNO. The summed E-state index contributed by atoms with van der Waals surface area (Å²) < 4.78 is 0. The van der Waals surface area contributed by atoms with Crippen molar-refractivity contribution in [3.63, 3.8) is 0 Å². The zero-order valence-electron chi connectivity index (χ0n) is 16.6. The van der Waals surface area contributed by atoms with Crippen LogP contribution in [0.1, 0.15) is 57.1 Å². The fraction of sp³-hybridized carbons (Fsp3) is 0.458. The van der Waals surface area contributed by atoms with E-state index in [1.165, 1.54) is 19.3 Å². The Bertz CT molecular complexity index is 655. The molecule has 0 N–H and O–H groups in total. The summed E-state index contributed by atoms with van der Waals surface area (Å²) in [6.07, 6.45) is 5.27. The Labute approximate surface area is 174 Å². The third-order valence-corrected chi connectivity index (χ3v) is 5.95. The van der Waals surface area contributed by atoms with Gasteiger partial charge in [-0.25, -0.2) is 0 Å². The molecule has 1 atom stereocenters. The first-order valence-electron chi connectivity index (χ1n) is 10.1. The number of hydrogen-bond acceptors (Lipinski definition) is 2. The normalized spacial score (nSPS) is 16.4. The summed E-state index contributed by atoms with van der Waals surface area (Å²) in [4.78, 5) is 16.0. The second kappa shape index (κ2) is 10.2. The molecule has 0 radical (unpaired) electrons. The predicted molar refractivity (Wildman–Crippen MR) is 119 cm³/mol. The van der Waals surface area contributed by atoms with E-state index in [0.717, 1.165) is 30.6 Å². The van der Waals surface area contributed by atoms with Crippen LogP contribution in [-0.2, 0) is 10.2 Å². The summed E-state index contributed by atoms with van der Waals surface area (Å²) in [7, 11) is 0. The van der Waals surface area contributed by atoms with Gasteiger partial charge in [-0.05, 0) is 50.4 Å². The van der Waals surface area contributed by atoms with Crippen LogP contribution in [0, 0.1) is 0 Å². The second-order valence-electron chi connectivity index (χ2n) is 7.56. The molecule has 0 spiro atoms. The summed E-state index contributed by atoms with van der Waals surface area (Å²) >= 11 is 0. The van der Waals surface area contributed by atoms with E-state index in [-0.39, 0.29) is 17.0 Å². The Morgan fingerprint density at radius 2 is 1.41 bits per heavy atom. The van der Waals surface area contributed by atoms with Crippen molar-refractivity contribution < 1.29 is 4.79 Å². The maximum absolute atomic E-state index is 13.4. The molecule has 1 fully saturated rings. The number of hydrogen-bond donors (Lipinski definition) is 0. The molecule has 0 saturated carbocycles. The van der Waals surface area contributed by atoms with E-state index in [2.05, 4.69) is 60.4 Å². The van der Waals surface area contributed by atoms with Crippen molar-refractivity contribution >= 4 is 22.8 Å². The molecule has 1 aliphatic rings. The number of Topliss-reactive ketones (excluding diaryl/α,β-unsaturated/α-hetero) is 1. The van der Waals surface area contributed by atoms with Gasteiger partial charge < -0.3 is 4.90 Å². The smallest absolute Gasteiger partial charge is 0.147 e. The predicted octanol–water partition coefficient (Wildman–Crippen LogP) is 5.79. The van der Waals surface area contributed by atoms with Crippen LogP contribution >= 0.6 is 17.0 Å². The number of benzene rings is 2. The lowest BCUT2D eigenvalue weighted by atomic mass is 9.66. The van der Waals surface area contributed by atoms with Crippen molar-refractivity contribution in [1.29, 1.82) is 0 Å². The molecule has 146 valence electrons. The number of halogens is 1. The van der Waals surface area contributed by atoms with E-state index in [1.54, 1.807) is 0 Å². The Morgan fingerprint density at radius 3 is 1.85 bits per heavy atom. The Hall–Kier alpha value is -1.45. The van der Waals surface area contributed by atoms with E-state index in [0.29, 0.717) is 18.2 Å². The fourth-order valence-electron chi connectivity index (χ4n) is 4.52. The van der Waals surface area contributed by atoms with E-state index < -0.39 is 5.41 Å². The van der Waals surface area contributed by atoms with Crippen molar-refractivity contribution in [2.75, 3.05) is 13.1 Å². The van der Waals surface area contributed by atoms with Crippen molar-refractivity contribution in [1.82, 2.24) is 4.90 Å². The molecule has 3 heteroatoms. The Kier molecular flexibility index (Phi) is 8.25. The molecule has 0 aliphatic carbocycles. The second-order valence-corrected chi connectivity index (χ2v) is 7.56. The standard InChI is InChI=1S/C24H31NO.BrH/c1-3-23(26)24(21-13-7-4-8-14-21,22-15-9-5-10-16-22)19-20(2)25-17-11-6-12-18-25;/h4-5,7-10,13-16,20H,3,6,11-12,17-19H2,1-2H3;1H/t20-;/m0./s1. The number of rotatable bonds is 7. The number of piperidine rings is 1. The fourth-order valence-corrected chi connectivity index (χ4v) is 4.52. The summed E-state index contributed by atoms with van der Waals surface area (Å²) in [5.74, 6) is 0.318. The van der Waals surface area contributed by atoms with E-state index >= 15 is 0 Å². The van der Waals surface area contributed by atoms with Gasteiger partial charge in [0.15, 0.2) is 0 Å². The van der Waals surface area contributed by atoms with Crippen LogP contribution in [0.25, 0.3) is 0 Å². The van der Waals surface area contributed by atoms with Crippen molar-refractivity contribution in [2.45, 2.75) is 57.4 Å². The monoisotopic (exact) mass is 429 g/mol. The molecule has 2 aromatic rings. The number of likely N-dealkylation sites (tertiary alicyclic amines) is 1.